The van der Waals surface area contributed by atoms with Gasteiger partial charge in [0.05, 0.1) is 19.8 Å². The van der Waals surface area contributed by atoms with Crippen molar-refractivity contribution in [3.8, 4) is 0 Å². The molecule has 0 aromatic carbocycles. The molecular formula is C21H42O4. The fraction of sp³-hybridized carbons (Fsp3) is 0.952. The summed E-state index contributed by atoms with van der Waals surface area (Å²) in [6.45, 7) is 12.1. The van der Waals surface area contributed by atoms with Crippen molar-refractivity contribution in [1.82, 2.24) is 0 Å². The van der Waals surface area contributed by atoms with Crippen molar-refractivity contribution in [1.29, 1.82) is 0 Å². The van der Waals surface area contributed by atoms with Crippen molar-refractivity contribution >= 4 is 5.97 Å². The highest BCUT2D eigenvalue weighted by Crippen LogP contribution is 2.10. The molecule has 0 aromatic heterocycles. The first-order valence-corrected chi connectivity index (χ1v) is 10.3. The molecule has 0 atom stereocenters. The number of ether oxygens (including phenoxy) is 3. The minimum absolute atomic E-state index is 0.100. The molecule has 0 heterocycles. The van der Waals surface area contributed by atoms with Crippen molar-refractivity contribution in [3.05, 3.63) is 0 Å². The van der Waals surface area contributed by atoms with Gasteiger partial charge >= 0.3 is 5.97 Å². The summed E-state index contributed by atoms with van der Waals surface area (Å²) in [5.74, 6) is 1.38. The lowest BCUT2D eigenvalue weighted by molar-refractivity contribution is -0.144. The molecule has 4 heteroatoms. The zero-order valence-electron chi connectivity index (χ0n) is 17.2. The number of hydrogen-bond acceptors (Lipinski definition) is 4. The lowest BCUT2D eigenvalue weighted by Gasteiger charge is -2.08. The van der Waals surface area contributed by atoms with Crippen LogP contribution in [-0.2, 0) is 19.0 Å². The molecule has 25 heavy (non-hydrogen) atoms. The zero-order chi connectivity index (χ0) is 18.8. The molecule has 0 rings (SSSR count). The van der Waals surface area contributed by atoms with Gasteiger partial charge in [0, 0.05) is 19.6 Å². The zero-order valence-corrected chi connectivity index (χ0v) is 17.2. The molecule has 0 aromatic rings. The lowest BCUT2D eigenvalue weighted by Crippen LogP contribution is -2.10. The quantitative estimate of drug-likeness (QED) is 0.243. The van der Waals surface area contributed by atoms with E-state index in [4.69, 9.17) is 14.2 Å². The van der Waals surface area contributed by atoms with Gasteiger partial charge in [-0.2, -0.15) is 0 Å². The Hall–Kier alpha value is -0.610. The summed E-state index contributed by atoms with van der Waals surface area (Å²) in [4.78, 5) is 11.6. The third-order valence-electron chi connectivity index (χ3n) is 4.07. The number of hydrogen-bond donors (Lipinski definition) is 0. The highest BCUT2D eigenvalue weighted by atomic mass is 16.5. The second-order valence-electron chi connectivity index (χ2n) is 7.68. The first-order chi connectivity index (χ1) is 12.0. The van der Waals surface area contributed by atoms with E-state index in [1.54, 1.807) is 0 Å². The summed E-state index contributed by atoms with van der Waals surface area (Å²) >= 11 is 0. The maximum absolute atomic E-state index is 11.6. The van der Waals surface area contributed by atoms with Crippen molar-refractivity contribution in [2.45, 2.75) is 85.5 Å². The Bertz CT molecular complexity index is 290. The predicted octanol–water partition coefficient (Wildman–Crippen LogP) is 5.39. The summed E-state index contributed by atoms with van der Waals surface area (Å²) in [6.07, 6.45) is 9.58. The molecule has 0 spiro atoms. The topological polar surface area (TPSA) is 44.8 Å². The van der Waals surface area contributed by atoms with Crippen LogP contribution >= 0.6 is 0 Å². The van der Waals surface area contributed by atoms with E-state index in [2.05, 4.69) is 27.7 Å². The maximum atomic E-state index is 11.6. The molecule has 0 saturated carbocycles. The number of unbranched alkanes of at least 4 members (excludes halogenated alkanes) is 4. The van der Waals surface area contributed by atoms with Gasteiger partial charge in [-0.05, 0) is 31.1 Å². The van der Waals surface area contributed by atoms with Crippen molar-refractivity contribution < 1.29 is 19.0 Å². The van der Waals surface area contributed by atoms with E-state index in [-0.39, 0.29) is 5.97 Å². The first kappa shape index (κ1) is 24.4. The van der Waals surface area contributed by atoms with E-state index >= 15 is 0 Å². The second-order valence-corrected chi connectivity index (χ2v) is 7.68. The molecule has 0 amide bonds. The summed E-state index contributed by atoms with van der Waals surface area (Å²) in [7, 11) is 0. The van der Waals surface area contributed by atoms with Gasteiger partial charge in [0.2, 0.25) is 0 Å². The Kier molecular flexibility index (Phi) is 17.7. The van der Waals surface area contributed by atoms with Crippen molar-refractivity contribution in [2.24, 2.45) is 11.8 Å². The van der Waals surface area contributed by atoms with Gasteiger partial charge in [-0.25, -0.2) is 0 Å². The van der Waals surface area contributed by atoms with E-state index < -0.39 is 0 Å². The van der Waals surface area contributed by atoms with Crippen LogP contribution < -0.4 is 0 Å². The van der Waals surface area contributed by atoms with E-state index in [9.17, 15) is 4.79 Å². The Labute approximate surface area is 156 Å². The van der Waals surface area contributed by atoms with Crippen molar-refractivity contribution in [2.75, 3.05) is 33.0 Å². The number of rotatable bonds is 18. The molecule has 0 saturated heterocycles. The number of esters is 1. The van der Waals surface area contributed by atoms with E-state index in [1.807, 2.05) is 0 Å². The highest BCUT2D eigenvalue weighted by Gasteiger charge is 2.03. The minimum atomic E-state index is -0.100. The fourth-order valence-electron chi connectivity index (χ4n) is 2.40. The summed E-state index contributed by atoms with van der Waals surface area (Å²) in [5, 5.41) is 0. The van der Waals surface area contributed by atoms with Crippen LogP contribution in [0.25, 0.3) is 0 Å². The van der Waals surface area contributed by atoms with Gasteiger partial charge in [0.1, 0.15) is 0 Å². The number of carbonyl (C=O) groups is 1. The molecule has 0 aliphatic rings. The predicted molar refractivity (Wildman–Crippen MR) is 104 cm³/mol. The second kappa shape index (κ2) is 18.2. The Balaban J connectivity index is 3.18. The summed E-state index contributed by atoms with van der Waals surface area (Å²) in [5.41, 5.74) is 0. The van der Waals surface area contributed by atoms with Gasteiger partial charge in [-0.1, -0.05) is 59.8 Å². The monoisotopic (exact) mass is 358 g/mol. The SMILES string of the molecule is CC(C)CCCCCCCOC(=O)CCCOCCOCCC(C)C. The highest BCUT2D eigenvalue weighted by molar-refractivity contribution is 5.69. The van der Waals surface area contributed by atoms with Crippen LogP contribution in [-0.4, -0.2) is 39.0 Å². The number of carbonyl (C=O) groups excluding carboxylic acids is 1. The van der Waals surface area contributed by atoms with E-state index in [0.29, 0.717) is 38.8 Å². The van der Waals surface area contributed by atoms with Crippen LogP contribution in [0.2, 0.25) is 0 Å². The van der Waals surface area contributed by atoms with E-state index in [1.165, 1.54) is 25.7 Å². The molecule has 0 fully saturated rings. The average molecular weight is 359 g/mol. The molecule has 0 radical (unpaired) electrons. The largest absolute Gasteiger partial charge is 0.466 e. The van der Waals surface area contributed by atoms with Crippen LogP contribution in [0.15, 0.2) is 0 Å². The normalized spacial score (nSPS) is 11.4. The Morgan fingerprint density at radius 3 is 1.92 bits per heavy atom. The van der Waals surface area contributed by atoms with Crippen LogP contribution in [0.4, 0.5) is 0 Å². The Morgan fingerprint density at radius 2 is 1.24 bits per heavy atom. The van der Waals surface area contributed by atoms with Crippen molar-refractivity contribution in [3.63, 3.8) is 0 Å². The average Bonchev–Trinajstić information content (AvgIpc) is 2.55. The van der Waals surface area contributed by atoms with Gasteiger partial charge in [-0.3, -0.25) is 4.79 Å². The molecule has 0 N–H and O–H groups in total. The maximum Gasteiger partial charge on any atom is 0.305 e. The van der Waals surface area contributed by atoms with Gasteiger partial charge in [0.25, 0.3) is 0 Å². The fourth-order valence-corrected chi connectivity index (χ4v) is 2.40. The van der Waals surface area contributed by atoms with E-state index in [0.717, 1.165) is 38.2 Å². The summed E-state index contributed by atoms with van der Waals surface area (Å²) < 4.78 is 16.2. The standard InChI is InChI=1S/C21H42O4/c1-19(2)11-8-6-5-7-9-15-25-21(22)12-10-14-23-17-18-24-16-13-20(3)4/h19-20H,5-18H2,1-4H3. The van der Waals surface area contributed by atoms with Crippen LogP contribution in [0, 0.1) is 11.8 Å². The molecule has 150 valence electrons. The molecule has 0 aliphatic carbocycles. The minimum Gasteiger partial charge on any atom is -0.466 e. The molecule has 0 bridgehead atoms. The first-order valence-electron chi connectivity index (χ1n) is 10.3. The molecule has 0 unspecified atom stereocenters. The van der Waals surface area contributed by atoms with Crippen LogP contribution in [0.1, 0.15) is 85.5 Å². The smallest absolute Gasteiger partial charge is 0.305 e. The molecule has 0 aliphatic heterocycles. The lowest BCUT2D eigenvalue weighted by atomic mass is 10.0. The Morgan fingerprint density at radius 1 is 0.640 bits per heavy atom. The van der Waals surface area contributed by atoms with Gasteiger partial charge in [-0.15, -0.1) is 0 Å². The van der Waals surface area contributed by atoms with Crippen LogP contribution in [0.3, 0.4) is 0 Å². The summed E-state index contributed by atoms with van der Waals surface area (Å²) in [6, 6.07) is 0. The third-order valence-corrected chi connectivity index (χ3v) is 4.07. The van der Waals surface area contributed by atoms with Crippen LogP contribution in [0.5, 0.6) is 0 Å². The third kappa shape index (κ3) is 21.3. The van der Waals surface area contributed by atoms with Gasteiger partial charge in [0.15, 0.2) is 0 Å². The molecule has 4 nitrogen and oxygen atoms in total. The van der Waals surface area contributed by atoms with Gasteiger partial charge < -0.3 is 14.2 Å². The molecular weight excluding hydrogens is 316 g/mol.